The number of carbonyl (C=O) groups is 1. The summed E-state index contributed by atoms with van der Waals surface area (Å²) in [4.78, 5) is 15.9. The number of pyridine rings is 1. The minimum Gasteiger partial charge on any atom is -0.373 e. The molecule has 22 heavy (non-hydrogen) atoms. The highest BCUT2D eigenvalue weighted by Crippen LogP contribution is 2.27. The Kier molecular flexibility index (Phi) is 3.24. The zero-order valence-corrected chi connectivity index (χ0v) is 11.9. The number of nitrogens with two attached hydrogens (primary N) is 1. The van der Waals surface area contributed by atoms with Crippen molar-refractivity contribution < 1.29 is 4.79 Å². The topological polar surface area (TPSA) is 85.8 Å². The fraction of sp³-hybridized carbons (Fsp3) is 0.0625. The zero-order chi connectivity index (χ0) is 15.7. The van der Waals surface area contributed by atoms with Gasteiger partial charge in [0.25, 0.3) is 5.91 Å². The molecule has 0 spiro atoms. The van der Waals surface area contributed by atoms with Gasteiger partial charge < -0.3 is 11.1 Å². The lowest BCUT2D eigenvalue weighted by molar-refractivity contribution is 0.0996. The first-order valence-electron chi connectivity index (χ1n) is 6.58. The van der Waals surface area contributed by atoms with Crippen molar-refractivity contribution in [3.8, 4) is 18.0 Å². The Morgan fingerprint density at radius 3 is 2.91 bits per heavy atom. The summed E-state index contributed by atoms with van der Waals surface area (Å²) in [5.74, 6) is 2.52. The van der Waals surface area contributed by atoms with E-state index >= 15 is 0 Å². The molecule has 1 aromatic carbocycles. The quantitative estimate of drug-likeness (QED) is 0.717. The number of fused-ring (bicyclic) bond motifs is 1. The molecule has 0 saturated heterocycles. The summed E-state index contributed by atoms with van der Waals surface area (Å²) in [5.41, 5.74) is 7.82. The molecule has 0 saturated carbocycles. The number of terminal acetylenes is 1. The first kappa shape index (κ1) is 13.6. The van der Waals surface area contributed by atoms with Gasteiger partial charge in [-0.05, 0) is 24.3 Å². The summed E-state index contributed by atoms with van der Waals surface area (Å²) in [6.45, 7) is 0. The van der Waals surface area contributed by atoms with Crippen LogP contribution in [-0.2, 0) is 0 Å². The Labute approximate surface area is 127 Å². The van der Waals surface area contributed by atoms with E-state index in [1.807, 2.05) is 24.3 Å². The van der Waals surface area contributed by atoms with Gasteiger partial charge >= 0.3 is 0 Å². The van der Waals surface area contributed by atoms with Gasteiger partial charge in [0, 0.05) is 18.8 Å². The van der Waals surface area contributed by atoms with E-state index in [1.165, 1.54) is 0 Å². The molecule has 0 unspecified atom stereocenters. The van der Waals surface area contributed by atoms with E-state index in [4.69, 9.17) is 12.2 Å². The summed E-state index contributed by atoms with van der Waals surface area (Å²) in [6, 6.07) is 9.11. The van der Waals surface area contributed by atoms with Crippen LogP contribution < -0.4 is 11.1 Å². The fourth-order valence-corrected chi connectivity index (χ4v) is 2.35. The number of carbonyl (C=O) groups excluding carboxylic acids is 1. The average molecular weight is 291 g/mol. The van der Waals surface area contributed by atoms with Crippen molar-refractivity contribution in [3.63, 3.8) is 0 Å². The van der Waals surface area contributed by atoms with Crippen LogP contribution in [0.1, 0.15) is 16.1 Å². The third-order valence-corrected chi connectivity index (χ3v) is 3.32. The molecule has 0 bridgehead atoms. The molecule has 3 aromatic rings. The highest BCUT2D eigenvalue weighted by molar-refractivity contribution is 6.08. The molecule has 0 atom stereocenters. The SMILES string of the molecule is C#Cc1cccc(-n2nc(C(N)=O)c3c(NC)nccc32)c1. The summed E-state index contributed by atoms with van der Waals surface area (Å²) in [6.07, 6.45) is 7.08. The molecule has 2 aromatic heterocycles. The summed E-state index contributed by atoms with van der Waals surface area (Å²) >= 11 is 0. The number of rotatable bonds is 3. The molecule has 2 heterocycles. The van der Waals surface area contributed by atoms with Crippen molar-refractivity contribution in [1.82, 2.24) is 14.8 Å². The first-order chi connectivity index (χ1) is 10.7. The van der Waals surface area contributed by atoms with E-state index in [2.05, 4.69) is 21.3 Å². The number of nitrogens with one attached hydrogen (secondary N) is 1. The van der Waals surface area contributed by atoms with Crippen LogP contribution in [0, 0.1) is 12.3 Å². The lowest BCUT2D eigenvalue weighted by Gasteiger charge is -2.05. The van der Waals surface area contributed by atoms with Crippen molar-refractivity contribution in [3.05, 3.63) is 47.8 Å². The van der Waals surface area contributed by atoms with Gasteiger partial charge in [0.15, 0.2) is 5.69 Å². The van der Waals surface area contributed by atoms with Crippen molar-refractivity contribution in [2.45, 2.75) is 0 Å². The van der Waals surface area contributed by atoms with Gasteiger partial charge in [-0.1, -0.05) is 12.0 Å². The molecular weight excluding hydrogens is 278 g/mol. The van der Waals surface area contributed by atoms with Gasteiger partial charge in [0.2, 0.25) is 0 Å². The predicted octanol–water partition coefficient (Wildman–Crippen LogP) is 1.54. The van der Waals surface area contributed by atoms with Crippen molar-refractivity contribution in [2.75, 3.05) is 12.4 Å². The molecule has 6 heteroatoms. The zero-order valence-electron chi connectivity index (χ0n) is 11.9. The van der Waals surface area contributed by atoms with Crippen LogP contribution in [0.25, 0.3) is 16.6 Å². The number of hydrogen-bond donors (Lipinski definition) is 2. The predicted molar refractivity (Wildman–Crippen MR) is 84.9 cm³/mol. The number of amides is 1. The van der Waals surface area contributed by atoms with Gasteiger partial charge in [0.1, 0.15) is 5.82 Å². The van der Waals surface area contributed by atoms with Crippen molar-refractivity contribution in [2.24, 2.45) is 5.73 Å². The van der Waals surface area contributed by atoms with Crippen molar-refractivity contribution in [1.29, 1.82) is 0 Å². The Bertz CT molecular complexity index is 920. The highest BCUT2D eigenvalue weighted by atomic mass is 16.1. The van der Waals surface area contributed by atoms with Gasteiger partial charge in [0.05, 0.1) is 16.6 Å². The maximum atomic E-state index is 11.7. The second-order valence-corrected chi connectivity index (χ2v) is 4.62. The second-order valence-electron chi connectivity index (χ2n) is 4.62. The maximum absolute atomic E-state index is 11.7. The lowest BCUT2D eigenvalue weighted by atomic mass is 10.2. The largest absolute Gasteiger partial charge is 0.373 e. The van der Waals surface area contributed by atoms with E-state index in [0.29, 0.717) is 11.2 Å². The Hall–Kier alpha value is -3.33. The smallest absolute Gasteiger partial charge is 0.270 e. The normalized spacial score (nSPS) is 10.4. The van der Waals surface area contributed by atoms with Crippen LogP contribution in [-0.4, -0.2) is 27.7 Å². The minimum absolute atomic E-state index is 0.165. The van der Waals surface area contributed by atoms with Crippen LogP contribution >= 0.6 is 0 Å². The summed E-state index contributed by atoms with van der Waals surface area (Å²) in [7, 11) is 1.73. The number of hydrogen-bond acceptors (Lipinski definition) is 4. The van der Waals surface area contributed by atoms with Gasteiger partial charge in [-0.2, -0.15) is 5.10 Å². The van der Waals surface area contributed by atoms with Crippen LogP contribution in [0.5, 0.6) is 0 Å². The number of benzene rings is 1. The van der Waals surface area contributed by atoms with Crippen LogP contribution in [0.3, 0.4) is 0 Å². The molecule has 0 aliphatic carbocycles. The number of primary amides is 1. The van der Waals surface area contributed by atoms with Gasteiger partial charge in [-0.15, -0.1) is 6.42 Å². The summed E-state index contributed by atoms with van der Waals surface area (Å²) < 4.78 is 1.64. The molecule has 0 radical (unpaired) electrons. The maximum Gasteiger partial charge on any atom is 0.270 e. The van der Waals surface area contributed by atoms with Crippen LogP contribution in [0.4, 0.5) is 5.82 Å². The number of nitrogens with zero attached hydrogens (tertiary/aromatic N) is 3. The van der Waals surface area contributed by atoms with E-state index in [-0.39, 0.29) is 5.69 Å². The standard InChI is InChI=1S/C16H13N5O/c1-3-10-5-4-6-11(9-10)21-12-7-8-19-16(18-2)13(12)14(20-21)15(17)22/h1,4-9H,2H3,(H2,17,22)(H,18,19). The minimum atomic E-state index is -0.610. The Morgan fingerprint density at radius 1 is 1.41 bits per heavy atom. The average Bonchev–Trinajstić information content (AvgIpc) is 2.95. The van der Waals surface area contributed by atoms with Crippen LogP contribution in [0.2, 0.25) is 0 Å². The highest BCUT2D eigenvalue weighted by Gasteiger charge is 2.19. The molecule has 0 aliphatic rings. The van der Waals surface area contributed by atoms with E-state index in [9.17, 15) is 4.79 Å². The Balaban J connectivity index is 2.36. The number of aromatic nitrogens is 3. The molecule has 6 nitrogen and oxygen atoms in total. The summed E-state index contributed by atoms with van der Waals surface area (Å²) in [5, 5.41) is 7.87. The van der Waals surface area contributed by atoms with Gasteiger partial charge in [-0.25, -0.2) is 9.67 Å². The fourth-order valence-electron chi connectivity index (χ4n) is 2.35. The molecule has 1 amide bonds. The molecule has 0 aliphatic heterocycles. The van der Waals surface area contributed by atoms with Gasteiger partial charge in [-0.3, -0.25) is 4.79 Å². The van der Waals surface area contributed by atoms with E-state index < -0.39 is 5.91 Å². The third-order valence-electron chi connectivity index (χ3n) is 3.32. The monoisotopic (exact) mass is 291 g/mol. The molecule has 0 fully saturated rings. The first-order valence-corrected chi connectivity index (χ1v) is 6.58. The third kappa shape index (κ3) is 2.05. The van der Waals surface area contributed by atoms with Crippen LogP contribution in [0.15, 0.2) is 36.5 Å². The molecule has 3 rings (SSSR count). The lowest BCUT2D eigenvalue weighted by Crippen LogP contribution is -2.13. The molecular formula is C16H13N5O. The Morgan fingerprint density at radius 2 is 2.23 bits per heavy atom. The molecule has 3 N–H and O–H groups in total. The number of anilines is 1. The van der Waals surface area contributed by atoms with E-state index in [1.54, 1.807) is 24.0 Å². The molecule has 108 valence electrons. The van der Waals surface area contributed by atoms with E-state index in [0.717, 1.165) is 16.8 Å². The van der Waals surface area contributed by atoms with Crippen molar-refractivity contribution >= 4 is 22.6 Å². The second kappa shape index (κ2) is 5.22.